The van der Waals surface area contributed by atoms with E-state index in [4.69, 9.17) is 4.74 Å². The minimum absolute atomic E-state index is 0.112. The smallest absolute Gasteiger partial charge is 0.219 e. The summed E-state index contributed by atoms with van der Waals surface area (Å²) in [6.45, 7) is 4.13. The van der Waals surface area contributed by atoms with Gasteiger partial charge in [0, 0.05) is 12.6 Å². The van der Waals surface area contributed by atoms with E-state index in [0.29, 0.717) is 18.2 Å². The van der Waals surface area contributed by atoms with Crippen LogP contribution in [0.1, 0.15) is 13.8 Å². The zero-order valence-corrected chi connectivity index (χ0v) is 12.3. The van der Waals surface area contributed by atoms with E-state index in [1.165, 1.54) is 18.5 Å². The maximum atomic E-state index is 14.0. The third-order valence-corrected chi connectivity index (χ3v) is 2.91. The fraction of sp³-hybridized carbons (Fsp3) is 0.250. The Balaban J connectivity index is 2.32. The first-order chi connectivity index (χ1) is 10.7. The molecule has 114 valence electrons. The van der Waals surface area contributed by atoms with E-state index >= 15 is 0 Å². The normalized spacial score (nSPS) is 9.82. The third-order valence-electron chi connectivity index (χ3n) is 2.91. The molecule has 1 aromatic carbocycles. The Morgan fingerprint density at radius 1 is 1.27 bits per heavy atom. The van der Waals surface area contributed by atoms with Gasteiger partial charge in [-0.25, -0.2) is 18.7 Å². The molecule has 0 spiro atoms. The summed E-state index contributed by atoms with van der Waals surface area (Å²) in [6.07, 6.45) is 1.31. The van der Waals surface area contributed by atoms with Crippen LogP contribution in [0.2, 0.25) is 0 Å². The topological polar surface area (TPSA) is 38.2 Å². The molecule has 0 bridgehead atoms. The number of aromatic nitrogens is 2. The first kappa shape index (κ1) is 15.7. The van der Waals surface area contributed by atoms with Crippen LogP contribution in [0.15, 0.2) is 30.6 Å². The molecular weight excluding hydrogens is 288 g/mol. The van der Waals surface area contributed by atoms with Crippen LogP contribution in [-0.2, 0) is 0 Å². The van der Waals surface area contributed by atoms with E-state index in [0.717, 1.165) is 6.07 Å². The van der Waals surface area contributed by atoms with E-state index in [-0.39, 0.29) is 12.3 Å². The molecule has 1 aromatic heterocycles. The number of rotatable bonds is 5. The van der Waals surface area contributed by atoms with Crippen molar-refractivity contribution in [1.29, 1.82) is 0 Å². The Morgan fingerprint density at radius 3 is 2.82 bits per heavy atom. The highest BCUT2D eigenvalue weighted by atomic mass is 19.2. The molecule has 0 aliphatic rings. The fourth-order valence-electron chi connectivity index (χ4n) is 1.90. The molecule has 1 heterocycles. The molecule has 0 atom stereocenters. The summed E-state index contributed by atoms with van der Waals surface area (Å²) < 4.78 is 32.7. The van der Waals surface area contributed by atoms with Crippen LogP contribution in [0.25, 0.3) is 0 Å². The Morgan fingerprint density at radius 2 is 2.09 bits per heavy atom. The van der Waals surface area contributed by atoms with Crippen molar-refractivity contribution < 1.29 is 13.5 Å². The van der Waals surface area contributed by atoms with Crippen LogP contribution in [-0.4, -0.2) is 23.1 Å². The van der Waals surface area contributed by atoms with E-state index in [2.05, 4.69) is 21.8 Å². The lowest BCUT2D eigenvalue weighted by atomic mass is 10.2. The molecule has 22 heavy (non-hydrogen) atoms. The number of halogens is 2. The molecule has 0 aliphatic carbocycles. The van der Waals surface area contributed by atoms with Crippen molar-refractivity contribution in [2.24, 2.45) is 0 Å². The summed E-state index contributed by atoms with van der Waals surface area (Å²) in [6, 6.07) is 5.58. The van der Waals surface area contributed by atoms with Crippen LogP contribution < -0.4 is 9.64 Å². The van der Waals surface area contributed by atoms with Gasteiger partial charge in [-0.3, -0.25) is 0 Å². The number of hydrogen-bond donors (Lipinski definition) is 0. The molecule has 4 nitrogen and oxygen atoms in total. The summed E-state index contributed by atoms with van der Waals surface area (Å²) in [5, 5.41) is 0. The van der Waals surface area contributed by atoms with Crippen LogP contribution in [0.3, 0.4) is 0 Å². The van der Waals surface area contributed by atoms with E-state index < -0.39 is 11.6 Å². The summed E-state index contributed by atoms with van der Waals surface area (Å²) in [5.41, 5.74) is 0.112. The molecule has 0 N–H and O–H groups in total. The first-order valence-corrected chi connectivity index (χ1v) is 6.73. The number of anilines is 2. The number of ether oxygens (including phenoxy) is 1. The standard InChI is InChI=1S/C16H15F2N3O/c1-3-5-9-22-15-10-14(19-11-20-15)21(4-2)13-8-6-7-12(17)16(13)18/h6-8,10-11H,4,9H2,1-2H3. The minimum atomic E-state index is -0.915. The van der Waals surface area contributed by atoms with Gasteiger partial charge in [-0.1, -0.05) is 12.0 Å². The van der Waals surface area contributed by atoms with E-state index in [1.807, 2.05) is 6.92 Å². The SMILES string of the molecule is CC#CCOc1cc(N(CC)c2cccc(F)c2F)ncn1. The maximum absolute atomic E-state index is 14.0. The molecule has 0 unspecified atom stereocenters. The first-order valence-electron chi connectivity index (χ1n) is 6.73. The predicted molar refractivity (Wildman–Crippen MR) is 80.0 cm³/mol. The lowest BCUT2D eigenvalue weighted by molar-refractivity contribution is 0.354. The van der Waals surface area contributed by atoms with Gasteiger partial charge < -0.3 is 9.64 Å². The van der Waals surface area contributed by atoms with Gasteiger partial charge in [-0.2, -0.15) is 0 Å². The third kappa shape index (κ3) is 3.50. The van der Waals surface area contributed by atoms with E-state index in [9.17, 15) is 8.78 Å². The predicted octanol–water partition coefficient (Wildman–Crippen LogP) is 3.31. The minimum Gasteiger partial charge on any atom is -0.464 e. The zero-order chi connectivity index (χ0) is 15.9. The van der Waals surface area contributed by atoms with Crippen molar-refractivity contribution in [1.82, 2.24) is 9.97 Å². The summed E-state index contributed by atoms with van der Waals surface area (Å²) in [4.78, 5) is 9.60. The van der Waals surface area contributed by atoms with E-state index in [1.54, 1.807) is 17.9 Å². The molecule has 6 heteroatoms. The van der Waals surface area contributed by atoms with Gasteiger partial charge in [0.1, 0.15) is 12.1 Å². The van der Waals surface area contributed by atoms with Crippen molar-refractivity contribution in [2.45, 2.75) is 13.8 Å². The van der Waals surface area contributed by atoms with Crippen LogP contribution >= 0.6 is 0 Å². The van der Waals surface area contributed by atoms with Crippen LogP contribution in [0, 0.1) is 23.5 Å². The largest absolute Gasteiger partial charge is 0.464 e. The average Bonchev–Trinajstić information content (AvgIpc) is 2.53. The van der Waals surface area contributed by atoms with Gasteiger partial charge in [0.05, 0.1) is 5.69 Å². The second-order valence-electron chi connectivity index (χ2n) is 4.25. The lowest BCUT2D eigenvalue weighted by Crippen LogP contribution is -2.19. The zero-order valence-electron chi connectivity index (χ0n) is 12.3. The number of nitrogens with zero attached hydrogens (tertiary/aromatic N) is 3. The highest BCUT2D eigenvalue weighted by Crippen LogP contribution is 2.28. The molecule has 0 radical (unpaired) electrons. The Kier molecular flexibility index (Phi) is 5.26. The van der Waals surface area contributed by atoms with Crippen molar-refractivity contribution >= 4 is 11.5 Å². The molecule has 0 aliphatic heterocycles. The highest BCUT2D eigenvalue weighted by Gasteiger charge is 2.16. The molecule has 0 saturated carbocycles. The molecular formula is C16H15F2N3O. The Hall–Kier alpha value is -2.68. The summed E-state index contributed by atoms with van der Waals surface area (Å²) in [7, 11) is 0. The molecule has 2 rings (SSSR count). The molecule has 0 fully saturated rings. The van der Waals surface area contributed by atoms with Gasteiger partial charge in [-0.05, 0) is 26.0 Å². The number of benzene rings is 1. The monoisotopic (exact) mass is 303 g/mol. The quantitative estimate of drug-likeness (QED) is 0.794. The average molecular weight is 303 g/mol. The molecule has 2 aromatic rings. The van der Waals surface area contributed by atoms with Crippen LogP contribution in [0.5, 0.6) is 5.88 Å². The summed E-state index contributed by atoms with van der Waals surface area (Å²) in [5.74, 6) is 4.38. The molecule has 0 amide bonds. The summed E-state index contributed by atoms with van der Waals surface area (Å²) >= 11 is 0. The van der Waals surface area contributed by atoms with Gasteiger partial charge in [-0.15, -0.1) is 5.92 Å². The van der Waals surface area contributed by atoms with Crippen LogP contribution in [0.4, 0.5) is 20.3 Å². The van der Waals surface area contributed by atoms with Gasteiger partial charge in [0.25, 0.3) is 0 Å². The van der Waals surface area contributed by atoms with Gasteiger partial charge in [0.15, 0.2) is 18.2 Å². The lowest BCUT2D eigenvalue weighted by Gasteiger charge is -2.22. The van der Waals surface area contributed by atoms with Gasteiger partial charge in [0.2, 0.25) is 5.88 Å². The molecule has 0 saturated heterocycles. The Labute approximate surface area is 127 Å². The highest BCUT2D eigenvalue weighted by molar-refractivity contribution is 5.61. The maximum Gasteiger partial charge on any atom is 0.219 e. The van der Waals surface area contributed by atoms with Gasteiger partial charge >= 0.3 is 0 Å². The van der Waals surface area contributed by atoms with Crippen molar-refractivity contribution in [3.8, 4) is 17.7 Å². The van der Waals surface area contributed by atoms with Crippen molar-refractivity contribution in [3.05, 3.63) is 42.2 Å². The second kappa shape index (κ2) is 7.36. The Bertz CT molecular complexity index is 710. The van der Waals surface area contributed by atoms with Crippen molar-refractivity contribution in [3.63, 3.8) is 0 Å². The number of hydrogen-bond acceptors (Lipinski definition) is 4. The fourth-order valence-corrected chi connectivity index (χ4v) is 1.90. The van der Waals surface area contributed by atoms with Crippen molar-refractivity contribution in [2.75, 3.05) is 18.1 Å². The second-order valence-corrected chi connectivity index (χ2v) is 4.25.